The van der Waals surface area contributed by atoms with E-state index in [0.29, 0.717) is 0 Å². The molecule has 0 amide bonds. The molecule has 62 valence electrons. The van der Waals surface area contributed by atoms with Crippen LogP contribution in [0, 0.1) is 0 Å². The maximum atomic E-state index is 12.5. The molecular formula is C10H15F. The smallest absolute Gasteiger partial charge is 0.118 e. The van der Waals surface area contributed by atoms with Gasteiger partial charge in [-0.15, -0.1) is 0 Å². The minimum absolute atomic E-state index is 0.206. The Bertz CT molecular complexity index is 175. The van der Waals surface area contributed by atoms with Crippen molar-refractivity contribution in [3.8, 4) is 0 Å². The molecule has 11 heavy (non-hydrogen) atoms. The Hall–Kier alpha value is -0.850. The molecule has 0 bridgehead atoms. The van der Waals surface area contributed by atoms with Crippen LogP contribution in [0.4, 0.5) is 4.39 Å². The molecule has 0 saturated heterocycles. The van der Waals surface area contributed by atoms with E-state index in [2.05, 4.69) is 13.5 Å². The summed E-state index contributed by atoms with van der Waals surface area (Å²) in [6, 6.07) is 0. The van der Waals surface area contributed by atoms with Crippen molar-refractivity contribution in [1.29, 1.82) is 0 Å². The lowest BCUT2D eigenvalue weighted by atomic mass is 10.1. The molecular weight excluding hydrogens is 139 g/mol. The van der Waals surface area contributed by atoms with Crippen LogP contribution in [0.25, 0.3) is 0 Å². The summed E-state index contributed by atoms with van der Waals surface area (Å²) in [6.07, 6.45) is 6.58. The molecule has 0 aliphatic carbocycles. The summed E-state index contributed by atoms with van der Waals surface area (Å²) in [5.41, 5.74) is 0.976. The molecule has 0 aromatic heterocycles. The van der Waals surface area contributed by atoms with E-state index in [9.17, 15) is 4.39 Å². The van der Waals surface area contributed by atoms with Crippen LogP contribution in [0.5, 0.6) is 0 Å². The van der Waals surface area contributed by atoms with E-state index in [4.69, 9.17) is 0 Å². The van der Waals surface area contributed by atoms with Crippen LogP contribution in [0.15, 0.2) is 36.2 Å². The van der Waals surface area contributed by atoms with E-state index in [1.54, 1.807) is 13.0 Å². The second-order valence-electron chi connectivity index (χ2n) is 2.42. The van der Waals surface area contributed by atoms with Gasteiger partial charge in [0.1, 0.15) is 5.83 Å². The monoisotopic (exact) mass is 154 g/mol. The maximum absolute atomic E-state index is 12.5. The second kappa shape index (κ2) is 5.90. The van der Waals surface area contributed by atoms with Gasteiger partial charge in [0.25, 0.3) is 0 Å². The van der Waals surface area contributed by atoms with E-state index in [1.807, 2.05) is 0 Å². The van der Waals surface area contributed by atoms with Crippen molar-refractivity contribution in [3.05, 3.63) is 36.2 Å². The van der Waals surface area contributed by atoms with Gasteiger partial charge in [-0.25, -0.2) is 4.39 Å². The van der Waals surface area contributed by atoms with Crippen molar-refractivity contribution >= 4 is 0 Å². The minimum Gasteiger partial charge on any atom is -0.207 e. The first-order valence-electron chi connectivity index (χ1n) is 3.88. The van der Waals surface area contributed by atoms with Crippen LogP contribution in [-0.4, -0.2) is 0 Å². The average Bonchev–Trinajstić information content (AvgIpc) is 2.01. The molecule has 0 atom stereocenters. The van der Waals surface area contributed by atoms with Gasteiger partial charge in [0, 0.05) is 0 Å². The second-order valence-corrected chi connectivity index (χ2v) is 2.42. The molecule has 0 unspecified atom stereocenters. The third-order valence-electron chi connectivity index (χ3n) is 1.33. The lowest BCUT2D eigenvalue weighted by Gasteiger charge is -1.93. The topological polar surface area (TPSA) is 0 Å². The normalized spacial score (nSPS) is 12.5. The Morgan fingerprint density at radius 3 is 2.55 bits per heavy atom. The predicted octanol–water partition coefficient (Wildman–Crippen LogP) is 3.77. The molecule has 0 fully saturated rings. The van der Waals surface area contributed by atoms with Crippen molar-refractivity contribution in [1.82, 2.24) is 0 Å². The molecule has 0 radical (unpaired) electrons. The zero-order valence-electron chi connectivity index (χ0n) is 7.23. The lowest BCUT2D eigenvalue weighted by molar-refractivity contribution is 0.664. The van der Waals surface area contributed by atoms with Gasteiger partial charge in [-0.05, 0) is 19.4 Å². The van der Waals surface area contributed by atoms with Gasteiger partial charge in [-0.1, -0.05) is 37.6 Å². The molecule has 0 aromatic rings. The summed E-state index contributed by atoms with van der Waals surface area (Å²) in [6.45, 7) is 7.51. The summed E-state index contributed by atoms with van der Waals surface area (Å²) in [7, 11) is 0. The first-order chi connectivity index (χ1) is 5.20. The van der Waals surface area contributed by atoms with Crippen LogP contribution in [0.3, 0.4) is 0 Å². The maximum Gasteiger partial charge on any atom is 0.118 e. The number of allylic oxidation sites excluding steroid dienone is 5. The van der Waals surface area contributed by atoms with E-state index >= 15 is 0 Å². The van der Waals surface area contributed by atoms with E-state index in [-0.39, 0.29) is 5.83 Å². The van der Waals surface area contributed by atoms with Gasteiger partial charge in [-0.2, -0.15) is 0 Å². The van der Waals surface area contributed by atoms with Crippen LogP contribution < -0.4 is 0 Å². The summed E-state index contributed by atoms with van der Waals surface area (Å²) in [5.74, 6) is -0.206. The minimum atomic E-state index is -0.206. The molecule has 0 nitrogen and oxygen atoms in total. The van der Waals surface area contributed by atoms with Gasteiger partial charge >= 0.3 is 0 Å². The molecule has 0 N–H and O–H groups in total. The lowest BCUT2D eigenvalue weighted by Crippen LogP contribution is -1.73. The van der Waals surface area contributed by atoms with Gasteiger partial charge < -0.3 is 0 Å². The zero-order valence-corrected chi connectivity index (χ0v) is 7.23. The van der Waals surface area contributed by atoms with Crippen molar-refractivity contribution in [2.75, 3.05) is 0 Å². The summed E-state index contributed by atoms with van der Waals surface area (Å²) >= 11 is 0. The third-order valence-corrected chi connectivity index (χ3v) is 1.33. The SMILES string of the molecule is C=C(/C=C\C(F)=C/C)CCC. The molecule has 0 aliphatic heterocycles. The molecule has 0 rings (SSSR count). The average molecular weight is 154 g/mol. The van der Waals surface area contributed by atoms with Crippen LogP contribution in [-0.2, 0) is 0 Å². The van der Waals surface area contributed by atoms with Gasteiger partial charge in [0.2, 0.25) is 0 Å². The first kappa shape index (κ1) is 10.2. The van der Waals surface area contributed by atoms with E-state index in [1.165, 1.54) is 12.2 Å². The van der Waals surface area contributed by atoms with Crippen LogP contribution in [0.1, 0.15) is 26.7 Å². The fraction of sp³-hybridized carbons (Fsp3) is 0.400. The van der Waals surface area contributed by atoms with E-state index < -0.39 is 0 Å². The summed E-state index contributed by atoms with van der Waals surface area (Å²) < 4.78 is 12.5. The van der Waals surface area contributed by atoms with Crippen LogP contribution >= 0.6 is 0 Å². The van der Waals surface area contributed by atoms with Crippen molar-refractivity contribution in [2.24, 2.45) is 0 Å². The molecule has 0 aliphatic rings. The predicted molar refractivity (Wildman–Crippen MR) is 48.1 cm³/mol. The number of hydrogen-bond acceptors (Lipinski definition) is 0. The highest BCUT2D eigenvalue weighted by Gasteiger charge is 1.86. The molecule has 0 spiro atoms. The van der Waals surface area contributed by atoms with Gasteiger partial charge in [-0.3, -0.25) is 0 Å². The highest BCUT2D eigenvalue weighted by atomic mass is 19.1. The summed E-state index contributed by atoms with van der Waals surface area (Å²) in [5, 5.41) is 0. The Labute approximate surface area is 68.1 Å². The van der Waals surface area contributed by atoms with Crippen molar-refractivity contribution in [2.45, 2.75) is 26.7 Å². The molecule has 0 aromatic carbocycles. The Morgan fingerprint density at radius 2 is 2.09 bits per heavy atom. The molecule has 1 heteroatoms. The molecule has 0 saturated carbocycles. The Kier molecular flexibility index (Phi) is 5.44. The number of rotatable bonds is 4. The quantitative estimate of drug-likeness (QED) is 0.541. The highest BCUT2D eigenvalue weighted by Crippen LogP contribution is 2.06. The molecule has 0 heterocycles. The van der Waals surface area contributed by atoms with Crippen molar-refractivity contribution < 1.29 is 4.39 Å². The van der Waals surface area contributed by atoms with Crippen molar-refractivity contribution in [3.63, 3.8) is 0 Å². The van der Waals surface area contributed by atoms with E-state index in [0.717, 1.165) is 18.4 Å². The Balaban J connectivity index is 3.83. The highest BCUT2D eigenvalue weighted by molar-refractivity contribution is 5.21. The number of halogens is 1. The summed E-state index contributed by atoms with van der Waals surface area (Å²) in [4.78, 5) is 0. The first-order valence-corrected chi connectivity index (χ1v) is 3.88. The number of hydrogen-bond donors (Lipinski definition) is 0. The van der Waals surface area contributed by atoms with Gasteiger partial charge in [0.05, 0.1) is 0 Å². The standard InChI is InChI=1S/C10H15F/c1-4-6-9(3)7-8-10(11)5-2/h5,7-8H,3-4,6H2,1-2H3/b8-7-,10-5+. The third kappa shape index (κ3) is 5.59. The fourth-order valence-corrected chi connectivity index (χ4v) is 0.698. The largest absolute Gasteiger partial charge is 0.207 e. The zero-order chi connectivity index (χ0) is 8.69. The van der Waals surface area contributed by atoms with Crippen LogP contribution in [0.2, 0.25) is 0 Å². The Morgan fingerprint density at radius 1 is 1.45 bits per heavy atom. The fourth-order valence-electron chi connectivity index (χ4n) is 0.698. The van der Waals surface area contributed by atoms with Gasteiger partial charge in [0.15, 0.2) is 0 Å².